The first-order chi connectivity index (χ1) is 10.3. The van der Waals surface area contributed by atoms with Crippen LogP contribution in [0, 0.1) is 0 Å². The number of ether oxygens (including phenoxy) is 1. The third kappa shape index (κ3) is 5.65. The van der Waals surface area contributed by atoms with Crippen molar-refractivity contribution in [2.24, 2.45) is 0 Å². The molecule has 1 aliphatic heterocycles. The van der Waals surface area contributed by atoms with Crippen LogP contribution in [0.1, 0.15) is 18.4 Å². The van der Waals surface area contributed by atoms with Gasteiger partial charge < -0.3 is 19.9 Å². The smallest absolute Gasteiger partial charge is 0.0589 e. The Morgan fingerprint density at radius 2 is 1.86 bits per heavy atom. The normalized spacial score (nSPS) is 15.1. The van der Waals surface area contributed by atoms with Gasteiger partial charge in [-0.2, -0.15) is 0 Å². The lowest BCUT2D eigenvalue weighted by Crippen LogP contribution is -2.31. The molecule has 1 aromatic rings. The number of rotatable bonds is 9. The van der Waals surface area contributed by atoms with E-state index in [1.165, 1.54) is 37.2 Å². The molecule has 118 valence electrons. The minimum Gasteiger partial charge on any atom is -0.383 e. The molecule has 1 aromatic carbocycles. The van der Waals surface area contributed by atoms with Crippen molar-refractivity contribution in [3.8, 4) is 0 Å². The van der Waals surface area contributed by atoms with Gasteiger partial charge in [-0.1, -0.05) is 12.1 Å². The van der Waals surface area contributed by atoms with Crippen LogP contribution in [0.15, 0.2) is 24.3 Å². The van der Waals surface area contributed by atoms with Crippen molar-refractivity contribution in [1.82, 2.24) is 10.2 Å². The third-order valence-electron chi connectivity index (χ3n) is 4.08. The molecule has 0 bridgehead atoms. The molecule has 4 nitrogen and oxygen atoms in total. The number of likely N-dealkylation sites (N-methyl/N-ethyl adjacent to an activating group) is 1. The molecular weight excluding hydrogens is 262 g/mol. The van der Waals surface area contributed by atoms with Crippen LogP contribution < -0.4 is 10.2 Å². The molecule has 1 heterocycles. The summed E-state index contributed by atoms with van der Waals surface area (Å²) in [6, 6.07) is 9.00. The molecule has 0 unspecified atom stereocenters. The Hall–Kier alpha value is -1.10. The van der Waals surface area contributed by atoms with E-state index in [-0.39, 0.29) is 0 Å². The number of hydrogen-bond donors (Lipinski definition) is 1. The molecule has 2 rings (SSSR count). The van der Waals surface area contributed by atoms with Crippen LogP contribution in [0.5, 0.6) is 0 Å². The maximum atomic E-state index is 5.08. The van der Waals surface area contributed by atoms with Crippen molar-refractivity contribution < 1.29 is 4.74 Å². The summed E-state index contributed by atoms with van der Waals surface area (Å²) in [5.41, 5.74) is 2.73. The Morgan fingerprint density at radius 3 is 2.52 bits per heavy atom. The minimum atomic E-state index is 0.800. The fourth-order valence-electron chi connectivity index (χ4n) is 2.66. The van der Waals surface area contributed by atoms with E-state index in [0.717, 1.165) is 32.8 Å². The van der Waals surface area contributed by atoms with E-state index in [0.29, 0.717) is 0 Å². The standard InChI is InChI=1S/C17H29N3O/c1-19(13-14-21-2)12-9-18-15-16-5-7-17(8-6-16)20-10-3-4-11-20/h5-8,18H,3-4,9-15H2,1-2H3. The van der Waals surface area contributed by atoms with Gasteiger partial charge in [-0.3, -0.25) is 0 Å². The van der Waals surface area contributed by atoms with Crippen LogP contribution in [-0.2, 0) is 11.3 Å². The molecule has 0 aliphatic carbocycles. The van der Waals surface area contributed by atoms with Gasteiger partial charge in [0.1, 0.15) is 0 Å². The molecule has 0 aromatic heterocycles. The van der Waals surface area contributed by atoms with Crippen LogP contribution in [-0.4, -0.2) is 58.4 Å². The van der Waals surface area contributed by atoms with E-state index in [1.807, 2.05) is 0 Å². The highest BCUT2D eigenvalue weighted by atomic mass is 16.5. The number of hydrogen-bond acceptors (Lipinski definition) is 4. The summed E-state index contributed by atoms with van der Waals surface area (Å²) < 4.78 is 5.08. The molecule has 4 heteroatoms. The monoisotopic (exact) mass is 291 g/mol. The average molecular weight is 291 g/mol. The first kappa shape index (κ1) is 16.3. The lowest BCUT2D eigenvalue weighted by molar-refractivity contribution is 0.161. The molecular formula is C17H29N3O. The SMILES string of the molecule is COCCN(C)CCNCc1ccc(N2CCCC2)cc1. The molecule has 1 aliphatic rings. The minimum absolute atomic E-state index is 0.800. The second-order valence-corrected chi connectivity index (χ2v) is 5.83. The summed E-state index contributed by atoms with van der Waals surface area (Å²) in [5, 5.41) is 3.50. The Morgan fingerprint density at radius 1 is 1.14 bits per heavy atom. The highest BCUT2D eigenvalue weighted by Gasteiger charge is 2.11. The summed E-state index contributed by atoms with van der Waals surface area (Å²) in [5.74, 6) is 0. The summed E-state index contributed by atoms with van der Waals surface area (Å²) in [4.78, 5) is 4.76. The van der Waals surface area contributed by atoms with Crippen molar-refractivity contribution in [2.45, 2.75) is 19.4 Å². The zero-order valence-electron chi connectivity index (χ0n) is 13.5. The predicted molar refractivity (Wildman–Crippen MR) is 89.0 cm³/mol. The van der Waals surface area contributed by atoms with Gasteiger partial charge in [-0.05, 0) is 37.6 Å². The van der Waals surface area contributed by atoms with Crippen molar-refractivity contribution in [1.29, 1.82) is 0 Å². The molecule has 0 radical (unpaired) electrons. The van der Waals surface area contributed by atoms with Gasteiger partial charge in [0, 0.05) is 52.1 Å². The largest absolute Gasteiger partial charge is 0.383 e. The Labute approximate surface area is 129 Å². The van der Waals surface area contributed by atoms with Crippen LogP contribution in [0.3, 0.4) is 0 Å². The summed E-state index contributed by atoms with van der Waals surface area (Å²) in [7, 11) is 3.88. The van der Waals surface area contributed by atoms with Crippen molar-refractivity contribution in [3.63, 3.8) is 0 Å². The van der Waals surface area contributed by atoms with Gasteiger partial charge in [0.15, 0.2) is 0 Å². The average Bonchev–Trinajstić information content (AvgIpc) is 3.04. The van der Waals surface area contributed by atoms with Crippen molar-refractivity contribution >= 4 is 5.69 Å². The van der Waals surface area contributed by atoms with E-state index in [1.54, 1.807) is 7.11 Å². The summed E-state index contributed by atoms with van der Waals surface area (Å²) >= 11 is 0. The van der Waals surface area contributed by atoms with Gasteiger partial charge in [0.2, 0.25) is 0 Å². The van der Waals surface area contributed by atoms with Crippen molar-refractivity contribution in [2.75, 3.05) is 58.4 Å². The van der Waals surface area contributed by atoms with Crippen molar-refractivity contribution in [3.05, 3.63) is 29.8 Å². The maximum Gasteiger partial charge on any atom is 0.0589 e. The van der Waals surface area contributed by atoms with Gasteiger partial charge in [0.25, 0.3) is 0 Å². The number of nitrogens with one attached hydrogen (secondary N) is 1. The lowest BCUT2D eigenvalue weighted by Gasteiger charge is -2.18. The quantitative estimate of drug-likeness (QED) is 0.704. The Kier molecular flexibility index (Phi) is 7.00. The Bertz CT molecular complexity index is 388. The molecule has 0 atom stereocenters. The molecule has 1 fully saturated rings. The first-order valence-corrected chi connectivity index (χ1v) is 8.01. The maximum absolute atomic E-state index is 5.08. The summed E-state index contributed by atoms with van der Waals surface area (Å²) in [6.45, 7) is 7.22. The molecule has 0 amide bonds. The molecule has 21 heavy (non-hydrogen) atoms. The molecule has 1 saturated heterocycles. The fourth-order valence-corrected chi connectivity index (χ4v) is 2.66. The second-order valence-electron chi connectivity index (χ2n) is 5.83. The Balaban J connectivity index is 1.64. The van der Waals surface area contributed by atoms with E-state index in [9.17, 15) is 0 Å². The number of anilines is 1. The fraction of sp³-hybridized carbons (Fsp3) is 0.647. The topological polar surface area (TPSA) is 27.7 Å². The highest BCUT2D eigenvalue weighted by molar-refractivity contribution is 5.48. The molecule has 1 N–H and O–H groups in total. The zero-order chi connectivity index (χ0) is 14.9. The van der Waals surface area contributed by atoms with E-state index >= 15 is 0 Å². The number of methoxy groups -OCH3 is 1. The van der Waals surface area contributed by atoms with Gasteiger partial charge >= 0.3 is 0 Å². The van der Waals surface area contributed by atoms with Gasteiger partial charge in [-0.25, -0.2) is 0 Å². The summed E-state index contributed by atoms with van der Waals surface area (Å²) in [6.07, 6.45) is 2.67. The van der Waals surface area contributed by atoms with E-state index < -0.39 is 0 Å². The zero-order valence-corrected chi connectivity index (χ0v) is 13.5. The van der Waals surface area contributed by atoms with Crippen LogP contribution in [0.4, 0.5) is 5.69 Å². The molecule has 0 spiro atoms. The van der Waals surface area contributed by atoms with Gasteiger partial charge in [0.05, 0.1) is 6.61 Å². The number of benzene rings is 1. The van der Waals surface area contributed by atoms with Crippen LogP contribution in [0.25, 0.3) is 0 Å². The third-order valence-corrected chi connectivity index (χ3v) is 4.08. The van der Waals surface area contributed by atoms with E-state index in [2.05, 4.69) is 46.4 Å². The van der Waals surface area contributed by atoms with Gasteiger partial charge in [-0.15, -0.1) is 0 Å². The van der Waals surface area contributed by atoms with Crippen LogP contribution >= 0.6 is 0 Å². The highest BCUT2D eigenvalue weighted by Crippen LogP contribution is 2.20. The predicted octanol–water partition coefficient (Wildman–Crippen LogP) is 1.95. The first-order valence-electron chi connectivity index (χ1n) is 8.01. The number of nitrogens with zero attached hydrogens (tertiary/aromatic N) is 2. The van der Waals surface area contributed by atoms with Crippen LogP contribution in [0.2, 0.25) is 0 Å². The van der Waals surface area contributed by atoms with E-state index in [4.69, 9.17) is 4.74 Å². The lowest BCUT2D eigenvalue weighted by atomic mass is 10.2. The molecule has 0 saturated carbocycles. The second kappa shape index (κ2) is 9.03.